The number of ether oxygens (including phenoxy) is 1. The van der Waals surface area contributed by atoms with Crippen molar-refractivity contribution in [1.29, 1.82) is 0 Å². The Hall–Kier alpha value is -3.38. The summed E-state index contributed by atoms with van der Waals surface area (Å²) in [5.74, 6) is 0.00321. The molecule has 0 fully saturated rings. The predicted octanol–water partition coefficient (Wildman–Crippen LogP) is 6.95. The van der Waals surface area contributed by atoms with Crippen molar-refractivity contribution in [2.45, 2.75) is 57.8 Å². The molecule has 0 heterocycles. The van der Waals surface area contributed by atoms with Gasteiger partial charge in [-0.15, -0.1) is 0 Å². The van der Waals surface area contributed by atoms with Gasteiger partial charge < -0.3 is 4.74 Å². The molecule has 3 rings (SSSR count). The SMILES string of the molecule is CCCCOc1ccccc1/C=C/C(=O)N(c1ccc(CCCC)cc1)S(=O)(=O)c1ccc(C)cc1. The maximum atomic E-state index is 13.6. The molecule has 0 aliphatic carbocycles. The number of aryl methyl sites for hydroxylation is 2. The molecule has 0 N–H and O–H groups in total. The van der Waals surface area contributed by atoms with Gasteiger partial charge in [-0.05, 0) is 68.2 Å². The van der Waals surface area contributed by atoms with Crippen LogP contribution in [-0.2, 0) is 21.2 Å². The van der Waals surface area contributed by atoms with E-state index in [0.29, 0.717) is 23.6 Å². The number of anilines is 1. The van der Waals surface area contributed by atoms with Crippen LogP contribution >= 0.6 is 0 Å². The van der Waals surface area contributed by atoms with Gasteiger partial charge >= 0.3 is 0 Å². The summed E-state index contributed by atoms with van der Waals surface area (Å²) < 4.78 is 34.0. The van der Waals surface area contributed by atoms with Crippen LogP contribution in [0, 0.1) is 6.92 Å². The first-order chi connectivity index (χ1) is 17.4. The molecule has 6 heteroatoms. The fourth-order valence-corrected chi connectivity index (χ4v) is 5.07. The van der Waals surface area contributed by atoms with Gasteiger partial charge in [0.2, 0.25) is 0 Å². The summed E-state index contributed by atoms with van der Waals surface area (Å²) in [5.41, 5.74) is 3.06. The van der Waals surface area contributed by atoms with Gasteiger partial charge in [0.05, 0.1) is 17.2 Å². The van der Waals surface area contributed by atoms with Crippen molar-refractivity contribution in [3.63, 3.8) is 0 Å². The average Bonchev–Trinajstić information content (AvgIpc) is 2.88. The topological polar surface area (TPSA) is 63.7 Å². The minimum absolute atomic E-state index is 0.0632. The second-order valence-corrected chi connectivity index (χ2v) is 10.6. The van der Waals surface area contributed by atoms with Crippen LogP contribution < -0.4 is 9.04 Å². The van der Waals surface area contributed by atoms with E-state index in [9.17, 15) is 13.2 Å². The lowest BCUT2D eigenvalue weighted by Gasteiger charge is -2.22. The van der Waals surface area contributed by atoms with E-state index < -0.39 is 15.9 Å². The number of para-hydroxylation sites is 1. The zero-order chi connectivity index (χ0) is 26.0. The lowest BCUT2D eigenvalue weighted by molar-refractivity contribution is -0.113. The first kappa shape index (κ1) is 27.2. The van der Waals surface area contributed by atoms with Crippen molar-refractivity contribution in [3.8, 4) is 5.75 Å². The van der Waals surface area contributed by atoms with E-state index in [1.54, 1.807) is 30.3 Å². The molecule has 190 valence electrons. The summed E-state index contributed by atoms with van der Waals surface area (Å²) in [5, 5.41) is 0. The highest BCUT2D eigenvalue weighted by molar-refractivity contribution is 7.93. The maximum absolute atomic E-state index is 13.6. The number of hydrogen-bond acceptors (Lipinski definition) is 4. The normalized spacial score (nSPS) is 11.5. The zero-order valence-electron chi connectivity index (χ0n) is 21.3. The predicted molar refractivity (Wildman–Crippen MR) is 147 cm³/mol. The van der Waals surface area contributed by atoms with E-state index in [0.717, 1.165) is 47.5 Å². The van der Waals surface area contributed by atoms with E-state index in [2.05, 4.69) is 13.8 Å². The highest BCUT2D eigenvalue weighted by Crippen LogP contribution is 2.26. The van der Waals surface area contributed by atoms with Gasteiger partial charge in [0.1, 0.15) is 5.75 Å². The van der Waals surface area contributed by atoms with Gasteiger partial charge in [-0.25, -0.2) is 8.42 Å². The van der Waals surface area contributed by atoms with E-state index in [-0.39, 0.29) is 4.90 Å². The standard InChI is InChI=1S/C30H35NO4S/c1-4-6-10-25-15-18-27(19-16-25)31(36(33,34)28-20-13-24(3)14-21-28)30(32)22-17-26-11-8-9-12-29(26)35-23-7-5-2/h8-9,11-22H,4-7,10,23H2,1-3H3/b22-17+. The van der Waals surface area contributed by atoms with Crippen LogP contribution in [0.1, 0.15) is 56.2 Å². The van der Waals surface area contributed by atoms with E-state index in [1.165, 1.54) is 18.2 Å². The van der Waals surface area contributed by atoms with Gasteiger partial charge in [-0.1, -0.05) is 74.7 Å². The molecule has 0 aliphatic heterocycles. The molecule has 0 unspecified atom stereocenters. The van der Waals surface area contributed by atoms with E-state index in [1.807, 2.05) is 43.3 Å². The molecule has 0 aromatic heterocycles. The van der Waals surface area contributed by atoms with Crippen molar-refractivity contribution in [2.24, 2.45) is 0 Å². The number of sulfonamides is 1. The molecule has 3 aromatic carbocycles. The van der Waals surface area contributed by atoms with Gasteiger partial charge in [0.25, 0.3) is 15.9 Å². The second-order valence-electron chi connectivity index (χ2n) is 8.76. The largest absolute Gasteiger partial charge is 0.493 e. The van der Waals surface area contributed by atoms with Crippen molar-refractivity contribution in [2.75, 3.05) is 10.9 Å². The smallest absolute Gasteiger partial charge is 0.271 e. The lowest BCUT2D eigenvalue weighted by atomic mass is 10.1. The fourth-order valence-electron chi connectivity index (χ4n) is 3.68. The first-order valence-electron chi connectivity index (χ1n) is 12.5. The van der Waals surface area contributed by atoms with Gasteiger partial charge in [-0.3, -0.25) is 4.79 Å². The number of carbonyl (C=O) groups is 1. The molecule has 1 amide bonds. The van der Waals surface area contributed by atoms with Crippen LogP contribution in [0.3, 0.4) is 0 Å². The van der Waals surface area contributed by atoms with Crippen LogP contribution in [0.15, 0.2) is 83.8 Å². The highest BCUT2D eigenvalue weighted by atomic mass is 32.2. The Labute approximate surface area is 215 Å². The molecule has 0 aliphatic rings. The van der Waals surface area contributed by atoms with Crippen LogP contribution in [-0.4, -0.2) is 20.9 Å². The fraction of sp³-hybridized carbons (Fsp3) is 0.300. The van der Waals surface area contributed by atoms with E-state index >= 15 is 0 Å². The van der Waals surface area contributed by atoms with Gasteiger partial charge in [-0.2, -0.15) is 4.31 Å². The molecule has 0 atom stereocenters. The molecule has 3 aromatic rings. The monoisotopic (exact) mass is 505 g/mol. The number of carbonyl (C=O) groups excluding carboxylic acids is 1. The average molecular weight is 506 g/mol. The highest BCUT2D eigenvalue weighted by Gasteiger charge is 2.29. The summed E-state index contributed by atoms with van der Waals surface area (Å²) >= 11 is 0. The summed E-state index contributed by atoms with van der Waals surface area (Å²) in [6, 6.07) is 21.1. The zero-order valence-corrected chi connectivity index (χ0v) is 22.1. The number of hydrogen-bond donors (Lipinski definition) is 0. The number of benzene rings is 3. The lowest BCUT2D eigenvalue weighted by Crippen LogP contribution is -2.35. The third-order valence-corrected chi connectivity index (χ3v) is 7.57. The molecule has 0 bridgehead atoms. The Morgan fingerprint density at radius 2 is 1.56 bits per heavy atom. The third-order valence-electron chi connectivity index (χ3n) is 5.83. The minimum Gasteiger partial charge on any atom is -0.493 e. The maximum Gasteiger partial charge on any atom is 0.271 e. The van der Waals surface area contributed by atoms with Crippen molar-refractivity contribution >= 4 is 27.7 Å². The Morgan fingerprint density at radius 3 is 2.22 bits per heavy atom. The molecule has 5 nitrogen and oxygen atoms in total. The third kappa shape index (κ3) is 7.08. The van der Waals surface area contributed by atoms with Crippen molar-refractivity contribution in [3.05, 3.63) is 95.6 Å². The Kier molecular flexibility index (Phi) is 9.88. The Balaban J connectivity index is 1.96. The minimum atomic E-state index is -4.13. The molecule has 0 saturated carbocycles. The quantitative estimate of drug-likeness (QED) is 0.197. The molecule has 0 radical (unpaired) electrons. The molecular weight excluding hydrogens is 470 g/mol. The van der Waals surface area contributed by atoms with Crippen LogP contribution in [0.25, 0.3) is 6.08 Å². The summed E-state index contributed by atoms with van der Waals surface area (Å²) in [4.78, 5) is 13.5. The van der Waals surface area contributed by atoms with Crippen molar-refractivity contribution < 1.29 is 17.9 Å². The van der Waals surface area contributed by atoms with E-state index in [4.69, 9.17) is 4.74 Å². The summed E-state index contributed by atoms with van der Waals surface area (Å²) in [7, 11) is -4.13. The molecular formula is C30H35NO4S. The molecule has 0 saturated heterocycles. The van der Waals surface area contributed by atoms with Crippen LogP contribution in [0.2, 0.25) is 0 Å². The first-order valence-corrected chi connectivity index (χ1v) is 14.0. The number of unbranched alkanes of at least 4 members (excludes halogenated alkanes) is 2. The van der Waals surface area contributed by atoms with Gasteiger partial charge in [0.15, 0.2) is 0 Å². The van der Waals surface area contributed by atoms with Crippen LogP contribution in [0.5, 0.6) is 5.75 Å². The summed E-state index contributed by atoms with van der Waals surface area (Å²) in [6.07, 6.45) is 7.86. The number of nitrogens with zero attached hydrogens (tertiary/aromatic N) is 1. The Morgan fingerprint density at radius 1 is 0.889 bits per heavy atom. The van der Waals surface area contributed by atoms with Crippen LogP contribution in [0.4, 0.5) is 5.69 Å². The molecule has 0 spiro atoms. The second kappa shape index (κ2) is 13.1. The van der Waals surface area contributed by atoms with Gasteiger partial charge in [0, 0.05) is 11.6 Å². The molecule has 36 heavy (non-hydrogen) atoms. The summed E-state index contributed by atoms with van der Waals surface area (Å²) in [6.45, 7) is 6.68. The number of amides is 1. The number of rotatable bonds is 12. The van der Waals surface area contributed by atoms with Crippen molar-refractivity contribution in [1.82, 2.24) is 0 Å². The Bertz CT molecular complexity index is 1260.